The van der Waals surface area contributed by atoms with Crippen LogP contribution in [0.5, 0.6) is 0 Å². The molecule has 0 aliphatic carbocycles. The number of carbonyl (C=O) groups excluding carboxylic acids is 2. The molecule has 0 bridgehead atoms. The van der Waals surface area contributed by atoms with Crippen LogP contribution in [0.3, 0.4) is 0 Å². The van der Waals surface area contributed by atoms with Gasteiger partial charge in [-0.3, -0.25) is 14.3 Å². The molecular formula is C20H22N6O3. The first-order valence-electron chi connectivity index (χ1n) is 9.43. The average Bonchev–Trinajstić information content (AvgIpc) is 3.33. The van der Waals surface area contributed by atoms with E-state index in [0.29, 0.717) is 36.9 Å². The van der Waals surface area contributed by atoms with E-state index in [0.717, 1.165) is 5.56 Å². The molecule has 3 aromatic rings. The first-order chi connectivity index (χ1) is 14.0. The fourth-order valence-electron chi connectivity index (χ4n) is 3.53. The number of benzene rings is 1. The largest absolute Gasteiger partial charge is 0.339 e. The second-order valence-electron chi connectivity index (χ2n) is 7.10. The third-order valence-electron chi connectivity index (χ3n) is 4.95. The van der Waals surface area contributed by atoms with Gasteiger partial charge in [0.25, 0.3) is 5.91 Å². The van der Waals surface area contributed by atoms with Gasteiger partial charge in [0.15, 0.2) is 5.82 Å². The molecule has 9 nitrogen and oxygen atoms in total. The SMILES string of the molecule is Cc1noc(CC2C(=O)N(Cc3ccccc3)CCN2C(=O)c2cnn(C)c2)n1. The van der Waals surface area contributed by atoms with Crippen LogP contribution in [0.15, 0.2) is 47.2 Å². The molecule has 4 rings (SSSR count). The molecule has 2 aromatic heterocycles. The van der Waals surface area contributed by atoms with Gasteiger partial charge < -0.3 is 14.3 Å². The lowest BCUT2D eigenvalue weighted by Gasteiger charge is -2.40. The monoisotopic (exact) mass is 394 g/mol. The molecule has 29 heavy (non-hydrogen) atoms. The predicted octanol–water partition coefficient (Wildman–Crippen LogP) is 1.21. The van der Waals surface area contributed by atoms with Crippen LogP contribution < -0.4 is 0 Å². The summed E-state index contributed by atoms with van der Waals surface area (Å²) in [5.41, 5.74) is 1.49. The molecule has 1 aliphatic heterocycles. The lowest BCUT2D eigenvalue weighted by atomic mass is 10.0. The van der Waals surface area contributed by atoms with Crippen LogP contribution in [0, 0.1) is 6.92 Å². The van der Waals surface area contributed by atoms with Crippen molar-refractivity contribution in [2.75, 3.05) is 13.1 Å². The smallest absolute Gasteiger partial charge is 0.257 e. The van der Waals surface area contributed by atoms with E-state index in [1.165, 1.54) is 6.20 Å². The summed E-state index contributed by atoms with van der Waals surface area (Å²) in [6.45, 7) is 3.09. The van der Waals surface area contributed by atoms with Crippen LogP contribution in [-0.4, -0.2) is 60.7 Å². The van der Waals surface area contributed by atoms with Crippen LogP contribution in [0.2, 0.25) is 0 Å². The zero-order chi connectivity index (χ0) is 20.4. The number of rotatable bonds is 5. The first-order valence-corrected chi connectivity index (χ1v) is 9.43. The number of hydrogen-bond acceptors (Lipinski definition) is 6. The molecule has 0 spiro atoms. The van der Waals surface area contributed by atoms with Crippen molar-refractivity contribution in [3.63, 3.8) is 0 Å². The molecule has 0 radical (unpaired) electrons. The zero-order valence-electron chi connectivity index (χ0n) is 16.4. The van der Waals surface area contributed by atoms with Crippen molar-refractivity contribution in [2.24, 2.45) is 7.05 Å². The second-order valence-corrected chi connectivity index (χ2v) is 7.10. The van der Waals surface area contributed by atoms with Crippen molar-refractivity contribution in [3.8, 4) is 0 Å². The molecule has 0 N–H and O–H groups in total. The molecule has 1 aliphatic rings. The Kier molecular flexibility index (Phi) is 5.11. The summed E-state index contributed by atoms with van der Waals surface area (Å²) in [7, 11) is 1.75. The Morgan fingerprint density at radius 1 is 1.24 bits per heavy atom. The summed E-state index contributed by atoms with van der Waals surface area (Å²) < 4.78 is 6.79. The molecule has 1 saturated heterocycles. The normalized spacial score (nSPS) is 17.0. The quantitative estimate of drug-likeness (QED) is 0.645. The topological polar surface area (TPSA) is 97.4 Å². The zero-order valence-corrected chi connectivity index (χ0v) is 16.4. The molecule has 1 fully saturated rings. The number of aromatic nitrogens is 4. The summed E-state index contributed by atoms with van der Waals surface area (Å²) in [4.78, 5) is 34.0. The molecule has 1 aromatic carbocycles. The summed E-state index contributed by atoms with van der Waals surface area (Å²) in [6, 6.07) is 9.09. The summed E-state index contributed by atoms with van der Waals surface area (Å²) >= 11 is 0. The molecule has 0 saturated carbocycles. The van der Waals surface area contributed by atoms with E-state index in [9.17, 15) is 9.59 Å². The Bertz CT molecular complexity index is 1010. The van der Waals surface area contributed by atoms with E-state index in [1.54, 1.807) is 34.6 Å². The molecule has 3 heterocycles. The number of aryl methyl sites for hydroxylation is 2. The fraction of sp³-hybridized carbons (Fsp3) is 0.350. The first kappa shape index (κ1) is 18.9. The lowest BCUT2D eigenvalue weighted by Crippen LogP contribution is -2.59. The number of amides is 2. The highest BCUT2D eigenvalue weighted by molar-refractivity contribution is 5.98. The van der Waals surface area contributed by atoms with Crippen LogP contribution in [0.1, 0.15) is 27.6 Å². The molecule has 9 heteroatoms. The number of piperazine rings is 1. The number of carbonyl (C=O) groups is 2. The van der Waals surface area contributed by atoms with E-state index in [-0.39, 0.29) is 18.2 Å². The van der Waals surface area contributed by atoms with E-state index in [2.05, 4.69) is 15.2 Å². The third-order valence-corrected chi connectivity index (χ3v) is 4.95. The molecule has 2 amide bonds. The standard InChI is InChI=1S/C20H22N6O3/c1-14-22-18(29-23-14)10-17-20(28)25(12-15-6-4-3-5-7-15)8-9-26(17)19(27)16-11-21-24(2)13-16/h3-7,11,13,17H,8-10,12H2,1-2H3. The Morgan fingerprint density at radius 2 is 2.03 bits per heavy atom. The van der Waals surface area contributed by atoms with E-state index in [1.807, 2.05) is 30.3 Å². The van der Waals surface area contributed by atoms with Crippen LogP contribution in [0.4, 0.5) is 0 Å². The predicted molar refractivity (Wildman–Crippen MR) is 103 cm³/mol. The van der Waals surface area contributed by atoms with Gasteiger partial charge in [0.1, 0.15) is 6.04 Å². The Labute approximate surface area is 167 Å². The van der Waals surface area contributed by atoms with Crippen molar-refractivity contribution >= 4 is 11.8 Å². The molecule has 150 valence electrons. The highest BCUT2D eigenvalue weighted by atomic mass is 16.5. The minimum Gasteiger partial charge on any atom is -0.339 e. The molecule has 1 unspecified atom stereocenters. The molecular weight excluding hydrogens is 372 g/mol. The van der Waals surface area contributed by atoms with Gasteiger partial charge in [-0.05, 0) is 12.5 Å². The van der Waals surface area contributed by atoms with E-state index < -0.39 is 6.04 Å². The van der Waals surface area contributed by atoms with Gasteiger partial charge in [-0.1, -0.05) is 35.5 Å². The third kappa shape index (κ3) is 4.03. The maximum atomic E-state index is 13.3. The van der Waals surface area contributed by atoms with Crippen molar-refractivity contribution < 1.29 is 14.1 Å². The summed E-state index contributed by atoms with van der Waals surface area (Å²) in [5, 5.41) is 7.87. The van der Waals surface area contributed by atoms with E-state index >= 15 is 0 Å². The number of nitrogens with zero attached hydrogens (tertiary/aromatic N) is 6. The Hall–Kier alpha value is -3.49. The van der Waals surface area contributed by atoms with Gasteiger partial charge in [0, 0.05) is 32.9 Å². The van der Waals surface area contributed by atoms with Gasteiger partial charge in [0.2, 0.25) is 11.8 Å². The van der Waals surface area contributed by atoms with Crippen LogP contribution in [-0.2, 0) is 24.8 Å². The van der Waals surface area contributed by atoms with Gasteiger partial charge in [0.05, 0.1) is 18.2 Å². The Balaban J connectivity index is 1.59. The highest BCUT2D eigenvalue weighted by Gasteiger charge is 2.39. The van der Waals surface area contributed by atoms with Crippen LogP contribution in [0.25, 0.3) is 0 Å². The van der Waals surface area contributed by atoms with Gasteiger partial charge >= 0.3 is 0 Å². The fourth-order valence-corrected chi connectivity index (χ4v) is 3.53. The maximum Gasteiger partial charge on any atom is 0.257 e. The average molecular weight is 394 g/mol. The van der Waals surface area contributed by atoms with Crippen molar-refractivity contribution in [2.45, 2.75) is 25.9 Å². The van der Waals surface area contributed by atoms with Crippen LogP contribution >= 0.6 is 0 Å². The molecule has 1 atom stereocenters. The minimum absolute atomic E-state index is 0.131. The number of hydrogen-bond donors (Lipinski definition) is 0. The summed E-state index contributed by atoms with van der Waals surface area (Å²) in [5.74, 6) is 0.473. The van der Waals surface area contributed by atoms with Gasteiger partial charge in [-0.25, -0.2) is 0 Å². The van der Waals surface area contributed by atoms with Crippen molar-refractivity contribution in [1.29, 1.82) is 0 Å². The van der Waals surface area contributed by atoms with E-state index in [4.69, 9.17) is 4.52 Å². The lowest BCUT2D eigenvalue weighted by molar-refractivity contribution is -0.141. The maximum absolute atomic E-state index is 13.3. The van der Waals surface area contributed by atoms with Crippen molar-refractivity contribution in [3.05, 3.63) is 65.6 Å². The van der Waals surface area contributed by atoms with Gasteiger partial charge in [-0.2, -0.15) is 10.1 Å². The van der Waals surface area contributed by atoms with Gasteiger partial charge in [-0.15, -0.1) is 0 Å². The highest BCUT2D eigenvalue weighted by Crippen LogP contribution is 2.20. The minimum atomic E-state index is -0.708. The Morgan fingerprint density at radius 3 is 2.69 bits per heavy atom. The summed E-state index contributed by atoms with van der Waals surface area (Å²) in [6.07, 6.45) is 3.34. The second kappa shape index (κ2) is 7.86. The van der Waals surface area contributed by atoms with Crippen molar-refractivity contribution in [1.82, 2.24) is 29.7 Å².